The van der Waals surface area contributed by atoms with E-state index in [2.05, 4.69) is 20.4 Å². The van der Waals surface area contributed by atoms with Crippen LogP contribution in [-0.2, 0) is 17.5 Å². The molecule has 1 aliphatic rings. The monoisotopic (exact) mass is 475 g/mol. The van der Waals surface area contributed by atoms with Crippen molar-refractivity contribution in [2.75, 3.05) is 45.2 Å². The van der Waals surface area contributed by atoms with Crippen molar-refractivity contribution < 1.29 is 27.2 Å². The number of carbonyl (C=O) groups is 1. The van der Waals surface area contributed by atoms with Crippen molar-refractivity contribution in [3.63, 3.8) is 0 Å². The summed E-state index contributed by atoms with van der Waals surface area (Å²) in [5.41, 5.74) is -0.275. The summed E-state index contributed by atoms with van der Waals surface area (Å²) in [5.74, 6) is 1.24. The Bertz CT molecular complexity index is 1110. The van der Waals surface area contributed by atoms with Crippen molar-refractivity contribution >= 4 is 11.6 Å². The third kappa shape index (κ3) is 5.91. The normalized spacial score (nSPS) is 15.3. The SMILES string of the molecule is COc1ccc(-c2noc(CN3CCN(CC(=O)Nc4ccccc4C(F)(F)F)CC3)n2)cc1. The van der Waals surface area contributed by atoms with Gasteiger partial charge in [0.2, 0.25) is 17.6 Å². The van der Waals surface area contributed by atoms with Crippen molar-refractivity contribution in [2.24, 2.45) is 0 Å². The quantitative estimate of drug-likeness (QED) is 0.560. The van der Waals surface area contributed by atoms with E-state index in [1.54, 1.807) is 7.11 Å². The first kappa shape index (κ1) is 23.7. The molecule has 1 aliphatic heterocycles. The van der Waals surface area contributed by atoms with Crippen LogP contribution in [-0.4, -0.2) is 65.7 Å². The Hall–Kier alpha value is -3.44. The first-order valence-electron chi connectivity index (χ1n) is 10.7. The van der Waals surface area contributed by atoms with Gasteiger partial charge in [-0.25, -0.2) is 0 Å². The Morgan fingerprint density at radius 3 is 2.41 bits per heavy atom. The van der Waals surface area contributed by atoms with Gasteiger partial charge in [0.05, 0.1) is 31.5 Å². The molecule has 8 nitrogen and oxygen atoms in total. The number of nitrogens with one attached hydrogen (secondary N) is 1. The minimum Gasteiger partial charge on any atom is -0.497 e. The lowest BCUT2D eigenvalue weighted by Gasteiger charge is -2.33. The number of piperazine rings is 1. The maximum absolute atomic E-state index is 13.1. The van der Waals surface area contributed by atoms with Crippen molar-refractivity contribution in [3.05, 3.63) is 60.0 Å². The fourth-order valence-corrected chi connectivity index (χ4v) is 3.71. The number of rotatable bonds is 7. The predicted octanol–water partition coefficient (Wildman–Crippen LogP) is 3.52. The molecule has 0 unspecified atom stereocenters. The zero-order chi connectivity index (χ0) is 24.1. The van der Waals surface area contributed by atoms with E-state index in [1.807, 2.05) is 29.2 Å². The Morgan fingerprint density at radius 2 is 1.74 bits per heavy atom. The van der Waals surface area contributed by atoms with E-state index in [9.17, 15) is 18.0 Å². The smallest absolute Gasteiger partial charge is 0.418 e. The molecule has 2 heterocycles. The molecule has 1 fully saturated rings. The molecule has 1 amide bonds. The average molecular weight is 475 g/mol. The van der Waals surface area contributed by atoms with Gasteiger partial charge >= 0.3 is 6.18 Å². The van der Waals surface area contributed by atoms with Crippen LogP contribution in [0.15, 0.2) is 53.1 Å². The minimum absolute atomic E-state index is 0.0161. The highest BCUT2D eigenvalue weighted by atomic mass is 19.4. The van der Waals surface area contributed by atoms with Gasteiger partial charge in [0, 0.05) is 31.7 Å². The molecule has 11 heteroatoms. The van der Waals surface area contributed by atoms with Crippen molar-refractivity contribution in [1.82, 2.24) is 19.9 Å². The van der Waals surface area contributed by atoms with Gasteiger partial charge < -0.3 is 14.6 Å². The number of carbonyl (C=O) groups excluding carboxylic acids is 1. The fraction of sp³-hybridized carbons (Fsp3) is 0.348. The number of alkyl halides is 3. The molecule has 1 aromatic heterocycles. The molecule has 3 aromatic rings. The third-order valence-corrected chi connectivity index (χ3v) is 5.51. The lowest BCUT2D eigenvalue weighted by atomic mass is 10.1. The number of aromatic nitrogens is 2. The Morgan fingerprint density at radius 1 is 1.06 bits per heavy atom. The predicted molar refractivity (Wildman–Crippen MR) is 118 cm³/mol. The first-order chi connectivity index (χ1) is 16.3. The van der Waals surface area contributed by atoms with Gasteiger partial charge in [0.25, 0.3) is 0 Å². The first-order valence-corrected chi connectivity index (χ1v) is 10.7. The summed E-state index contributed by atoms with van der Waals surface area (Å²) in [6.45, 7) is 2.99. The third-order valence-electron chi connectivity index (χ3n) is 5.51. The van der Waals surface area contributed by atoms with Gasteiger partial charge in [-0.2, -0.15) is 18.2 Å². The van der Waals surface area contributed by atoms with Crippen LogP contribution in [0, 0.1) is 0 Å². The zero-order valence-electron chi connectivity index (χ0n) is 18.5. The minimum atomic E-state index is -4.53. The molecule has 2 aromatic carbocycles. The van der Waals surface area contributed by atoms with Crippen molar-refractivity contribution in [1.29, 1.82) is 0 Å². The maximum atomic E-state index is 13.1. The summed E-state index contributed by atoms with van der Waals surface area (Å²) in [4.78, 5) is 20.8. The van der Waals surface area contributed by atoms with Crippen LogP contribution >= 0.6 is 0 Å². The number of hydrogen-bond donors (Lipinski definition) is 1. The van der Waals surface area contributed by atoms with Crippen LogP contribution < -0.4 is 10.1 Å². The Balaban J connectivity index is 1.26. The van der Waals surface area contributed by atoms with Gasteiger partial charge in [-0.1, -0.05) is 17.3 Å². The van der Waals surface area contributed by atoms with Crippen LogP contribution in [0.3, 0.4) is 0 Å². The van der Waals surface area contributed by atoms with E-state index >= 15 is 0 Å². The number of amides is 1. The standard InChI is InChI=1S/C23H24F3N5O3/c1-33-17-8-6-16(7-9-17)22-28-21(34-29-22)15-31-12-10-30(11-13-31)14-20(32)27-19-5-3-2-4-18(19)23(24,25)26/h2-9H,10-15H2,1H3,(H,27,32). The van der Waals surface area contributed by atoms with E-state index < -0.39 is 17.6 Å². The summed E-state index contributed by atoms with van der Waals surface area (Å²) in [6, 6.07) is 12.3. The number of nitrogens with zero attached hydrogens (tertiary/aromatic N) is 4. The van der Waals surface area contributed by atoms with E-state index in [-0.39, 0.29) is 12.2 Å². The van der Waals surface area contributed by atoms with E-state index in [0.717, 1.165) is 17.4 Å². The number of anilines is 1. The Labute approximate surface area is 194 Å². The van der Waals surface area contributed by atoms with E-state index in [0.29, 0.717) is 44.4 Å². The van der Waals surface area contributed by atoms with Crippen molar-refractivity contribution in [3.8, 4) is 17.1 Å². The molecule has 0 radical (unpaired) electrons. The molecular weight excluding hydrogens is 451 g/mol. The summed E-state index contributed by atoms with van der Waals surface area (Å²) in [7, 11) is 1.60. The molecule has 0 atom stereocenters. The van der Waals surface area contributed by atoms with Crippen LogP contribution in [0.1, 0.15) is 11.5 Å². The van der Waals surface area contributed by atoms with Crippen LogP contribution in [0.25, 0.3) is 11.4 Å². The molecule has 180 valence electrons. The second kappa shape index (κ2) is 10.2. The van der Waals surface area contributed by atoms with Gasteiger partial charge in [-0.3, -0.25) is 14.6 Å². The number of hydrogen-bond acceptors (Lipinski definition) is 7. The van der Waals surface area contributed by atoms with Gasteiger partial charge in [-0.15, -0.1) is 0 Å². The van der Waals surface area contributed by atoms with Crippen LogP contribution in [0.5, 0.6) is 5.75 Å². The summed E-state index contributed by atoms with van der Waals surface area (Å²) in [6.07, 6.45) is -4.53. The molecule has 0 bridgehead atoms. The van der Waals surface area contributed by atoms with Gasteiger partial charge in [0.15, 0.2) is 0 Å². The van der Waals surface area contributed by atoms with Gasteiger partial charge in [0.1, 0.15) is 5.75 Å². The molecule has 0 aliphatic carbocycles. The fourth-order valence-electron chi connectivity index (χ4n) is 3.71. The zero-order valence-corrected chi connectivity index (χ0v) is 18.5. The average Bonchev–Trinajstić information content (AvgIpc) is 3.28. The van der Waals surface area contributed by atoms with Crippen LogP contribution in [0.4, 0.5) is 18.9 Å². The second-order valence-electron chi connectivity index (χ2n) is 7.88. The number of methoxy groups -OCH3 is 1. The summed E-state index contributed by atoms with van der Waals surface area (Å²) in [5, 5.41) is 6.41. The molecule has 0 saturated carbocycles. The topological polar surface area (TPSA) is 83.7 Å². The number of halogens is 3. The number of benzene rings is 2. The molecular formula is C23H24F3N5O3. The van der Waals surface area contributed by atoms with Crippen LogP contribution in [0.2, 0.25) is 0 Å². The van der Waals surface area contributed by atoms with Crippen molar-refractivity contribution in [2.45, 2.75) is 12.7 Å². The highest BCUT2D eigenvalue weighted by molar-refractivity contribution is 5.93. The molecule has 4 rings (SSSR count). The molecule has 34 heavy (non-hydrogen) atoms. The van der Waals surface area contributed by atoms with E-state index in [1.165, 1.54) is 18.2 Å². The summed E-state index contributed by atoms with van der Waals surface area (Å²) < 4.78 is 49.9. The maximum Gasteiger partial charge on any atom is 0.418 e. The molecule has 1 saturated heterocycles. The number of para-hydroxylation sites is 1. The second-order valence-corrected chi connectivity index (χ2v) is 7.88. The largest absolute Gasteiger partial charge is 0.497 e. The summed E-state index contributed by atoms with van der Waals surface area (Å²) >= 11 is 0. The Kier molecular flexibility index (Phi) is 7.13. The van der Waals surface area contributed by atoms with E-state index in [4.69, 9.17) is 9.26 Å². The number of ether oxygens (including phenoxy) is 1. The molecule has 0 spiro atoms. The lowest BCUT2D eigenvalue weighted by molar-refractivity contribution is -0.137. The van der Waals surface area contributed by atoms with Gasteiger partial charge in [-0.05, 0) is 36.4 Å². The lowest BCUT2D eigenvalue weighted by Crippen LogP contribution is -2.48. The highest BCUT2D eigenvalue weighted by Crippen LogP contribution is 2.34. The molecule has 1 N–H and O–H groups in total. The highest BCUT2D eigenvalue weighted by Gasteiger charge is 2.33.